The summed E-state index contributed by atoms with van der Waals surface area (Å²) in [7, 11) is 3.86. The van der Waals surface area contributed by atoms with Crippen LogP contribution in [0, 0.1) is 16.0 Å². The number of hydrogen-bond acceptors (Lipinski definition) is 7. The fourth-order valence-corrected chi connectivity index (χ4v) is 3.80. The molecular weight excluding hydrogens is 420 g/mol. The molecular formula is C24H28N6O3. The van der Waals surface area contributed by atoms with E-state index in [-0.39, 0.29) is 17.0 Å². The Balaban J connectivity index is 1.76. The van der Waals surface area contributed by atoms with Gasteiger partial charge in [0.2, 0.25) is 0 Å². The van der Waals surface area contributed by atoms with Crippen molar-refractivity contribution in [3.63, 3.8) is 0 Å². The van der Waals surface area contributed by atoms with Gasteiger partial charge in [0.05, 0.1) is 29.3 Å². The van der Waals surface area contributed by atoms with Gasteiger partial charge in [-0.05, 0) is 39.0 Å². The fourth-order valence-electron chi connectivity index (χ4n) is 3.80. The molecule has 1 aliphatic rings. The van der Waals surface area contributed by atoms with Gasteiger partial charge < -0.3 is 10.2 Å². The Labute approximate surface area is 192 Å². The third-order valence-electron chi connectivity index (χ3n) is 5.68. The molecule has 9 nitrogen and oxygen atoms in total. The van der Waals surface area contributed by atoms with Gasteiger partial charge in [0.25, 0.3) is 5.69 Å². The molecule has 1 saturated carbocycles. The lowest BCUT2D eigenvalue weighted by atomic mass is 10.0. The molecule has 4 rings (SSSR count). The maximum Gasteiger partial charge on any atom is 0.270 e. The van der Waals surface area contributed by atoms with Crippen LogP contribution in [0.3, 0.4) is 0 Å². The molecule has 0 amide bonds. The number of hydrogen-bond donors (Lipinski definition) is 1. The zero-order valence-electron chi connectivity index (χ0n) is 18.9. The second-order valence-corrected chi connectivity index (χ2v) is 8.67. The third-order valence-corrected chi connectivity index (χ3v) is 5.68. The van der Waals surface area contributed by atoms with Gasteiger partial charge in [-0.15, -0.1) is 10.2 Å². The average Bonchev–Trinajstić information content (AvgIpc) is 3.56. The molecule has 2 aromatic carbocycles. The molecule has 0 unspecified atom stereocenters. The zero-order chi connectivity index (χ0) is 23.4. The molecule has 0 spiro atoms. The molecule has 0 saturated heterocycles. The molecule has 33 heavy (non-hydrogen) atoms. The molecule has 1 fully saturated rings. The lowest BCUT2D eigenvalue weighted by molar-refractivity contribution is -0.384. The van der Waals surface area contributed by atoms with Gasteiger partial charge in [-0.2, -0.15) is 0 Å². The van der Waals surface area contributed by atoms with Crippen LogP contribution in [-0.2, 0) is 13.1 Å². The minimum absolute atomic E-state index is 0.135. The van der Waals surface area contributed by atoms with Crippen molar-refractivity contribution in [1.82, 2.24) is 25.0 Å². The number of nitrogens with one attached hydrogen (secondary N) is 1. The number of nitrogens with zero attached hydrogens (tertiary/aromatic N) is 5. The monoisotopic (exact) mass is 448 g/mol. The quantitative estimate of drug-likeness (QED) is 0.207. The van der Waals surface area contributed by atoms with Crippen LogP contribution in [-0.4, -0.2) is 51.0 Å². The van der Waals surface area contributed by atoms with E-state index < -0.39 is 4.92 Å². The van der Waals surface area contributed by atoms with Crippen molar-refractivity contribution in [3.8, 4) is 5.69 Å². The van der Waals surface area contributed by atoms with Gasteiger partial charge >= 0.3 is 0 Å². The molecule has 1 N–H and O–H groups in total. The number of nitro groups is 1. The zero-order valence-corrected chi connectivity index (χ0v) is 18.9. The highest BCUT2D eigenvalue weighted by Gasteiger charge is 2.24. The number of non-ortho nitro benzene ring substituents is 1. The number of rotatable bonds is 11. The average molecular weight is 449 g/mol. The van der Waals surface area contributed by atoms with Gasteiger partial charge in [0.15, 0.2) is 17.4 Å². The maximum atomic E-state index is 13.4. The number of aromatic nitrogens is 3. The summed E-state index contributed by atoms with van der Waals surface area (Å²) in [6.45, 7) is 1.88. The van der Waals surface area contributed by atoms with Gasteiger partial charge in [-0.25, -0.2) is 0 Å². The molecule has 0 atom stereocenters. The highest BCUT2D eigenvalue weighted by molar-refractivity contribution is 6.11. The molecule has 172 valence electrons. The van der Waals surface area contributed by atoms with Crippen LogP contribution < -0.4 is 5.32 Å². The Bertz CT molecular complexity index is 1140. The molecule has 3 aromatic rings. The van der Waals surface area contributed by atoms with Crippen LogP contribution in [0.15, 0.2) is 48.5 Å². The van der Waals surface area contributed by atoms with E-state index >= 15 is 0 Å². The van der Waals surface area contributed by atoms with Crippen molar-refractivity contribution in [2.75, 3.05) is 20.6 Å². The molecule has 1 aliphatic carbocycles. The molecule has 0 bridgehead atoms. The first-order valence-corrected chi connectivity index (χ1v) is 11.1. The van der Waals surface area contributed by atoms with Crippen molar-refractivity contribution >= 4 is 11.5 Å². The Morgan fingerprint density at radius 3 is 2.55 bits per heavy atom. The van der Waals surface area contributed by atoms with Gasteiger partial charge in [0.1, 0.15) is 0 Å². The number of ketones is 1. The Morgan fingerprint density at radius 1 is 1.15 bits per heavy atom. The lowest BCUT2D eigenvalue weighted by Crippen LogP contribution is -2.21. The van der Waals surface area contributed by atoms with E-state index in [0.29, 0.717) is 36.0 Å². The number of benzene rings is 2. The standard InChI is InChI=1S/C24H28N6O3/c1-28(2)16-23-27-26-22(15-25-13-12-17-8-9-17)29(23)21-11-10-19(30(32)33)14-20(21)24(31)18-6-4-3-5-7-18/h3-7,10-11,14,17,25H,8-9,12-13,15-16H2,1-2H3. The van der Waals surface area contributed by atoms with Gasteiger partial charge in [-0.3, -0.25) is 19.5 Å². The van der Waals surface area contributed by atoms with Crippen molar-refractivity contribution in [2.24, 2.45) is 5.92 Å². The highest BCUT2D eigenvalue weighted by atomic mass is 16.6. The summed E-state index contributed by atoms with van der Waals surface area (Å²) in [6, 6.07) is 13.2. The lowest BCUT2D eigenvalue weighted by Gasteiger charge is -2.16. The Morgan fingerprint density at radius 2 is 1.88 bits per heavy atom. The first-order chi connectivity index (χ1) is 15.9. The SMILES string of the molecule is CN(C)Cc1nnc(CNCCC2CC2)n1-c1ccc([N+](=O)[O-])cc1C(=O)c1ccccc1. The van der Waals surface area contributed by atoms with Crippen molar-refractivity contribution < 1.29 is 9.72 Å². The third kappa shape index (κ3) is 5.50. The van der Waals surface area contributed by atoms with Crippen LogP contribution in [0.2, 0.25) is 0 Å². The smallest absolute Gasteiger partial charge is 0.270 e. The van der Waals surface area contributed by atoms with E-state index in [2.05, 4.69) is 15.5 Å². The van der Waals surface area contributed by atoms with Crippen molar-refractivity contribution in [1.29, 1.82) is 0 Å². The predicted molar refractivity (Wildman–Crippen MR) is 124 cm³/mol. The molecule has 1 aromatic heterocycles. The van der Waals surface area contributed by atoms with Crippen LogP contribution in [0.5, 0.6) is 0 Å². The van der Waals surface area contributed by atoms with E-state index in [4.69, 9.17) is 0 Å². The maximum absolute atomic E-state index is 13.4. The topological polar surface area (TPSA) is 106 Å². The Hall–Kier alpha value is -3.43. The number of carbonyl (C=O) groups excluding carboxylic acids is 1. The molecule has 9 heteroatoms. The normalized spacial score (nSPS) is 13.4. The second kappa shape index (κ2) is 10.0. The van der Waals surface area contributed by atoms with E-state index in [1.807, 2.05) is 29.6 Å². The van der Waals surface area contributed by atoms with Crippen LogP contribution >= 0.6 is 0 Å². The van der Waals surface area contributed by atoms with Crippen LogP contribution in [0.25, 0.3) is 5.69 Å². The summed E-state index contributed by atoms with van der Waals surface area (Å²) in [5, 5.41) is 23.7. The molecule has 1 heterocycles. The minimum atomic E-state index is -0.487. The number of carbonyl (C=O) groups is 1. The Kier molecular flexibility index (Phi) is 6.90. The first kappa shape index (κ1) is 22.8. The summed E-state index contributed by atoms with van der Waals surface area (Å²) in [4.78, 5) is 26.4. The summed E-state index contributed by atoms with van der Waals surface area (Å²) < 4.78 is 1.85. The summed E-state index contributed by atoms with van der Waals surface area (Å²) in [5.41, 5.74) is 1.11. The molecule has 0 aliphatic heterocycles. The van der Waals surface area contributed by atoms with Crippen molar-refractivity contribution in [3.05, 3.63) is 81.4 Å². The highest BCUT2D eigenvalue weighted by Crippen LogP contribution is 2.31. The van der Waals surface area contributed by atoms with Gasteiger partial charge in [0, 0.05) is 17.7 Å². The fraction of sp³-hybridized carbons (Fsp3) is 0.375. The molecule has 0 radical (unpaired) electrons. The predicted octanol–water partition coefficient (Wildman–Crippen LogP) is 3.36. The summed E-state index contributed by atoms with van der Waals surface area (Å²) in [6.07, 6.45) is 3.74. The van der Waals surface area contributed by atoms with E-state index in [1.54, 1.807) is 30.3 Å². The summed E-state index contributed by atoms with van der Waals surface area (Å²) in [5.74, 6) is 1.87. The van der Waals surface area contributed by atoms with Gasteiger partial charge in [-0.1, -0.05) is 43.2 Å². The van der Waals surface area contributed by atoms with E-state index in [0.717, 1.165) is 18.9 Å². The van der Waals surface area contributed by atoms with Crippen molar-refractivity contribution in [2.45, 2.75) is 32.4 Å². The first-order valence-electron chi connectivity index (χ1n) is 11.1. The number of nitro benzene ring substituents is 1. The van der Waals surface area contributed by atoms with Crippen LogP contribution in [0.1, 0.15) is 46.8 Å². The summed E-state index contributed by atoms with van der Waals surface area (Å²) >= 11 is 0. The second-order valence-electron chi connectivity index (χ2n) is 8.67. The van der Waals surface area contributed by atoms with E-state index in [1.165, 1.54) is 25.0 Å². The van der Waals surface area contributed by atoms with Crippen LogP contribution in [0.4, 0.5) is 5.69 Å². The minimum Gasteiger partial charge on any atom is -0.310 e. The van der Waals surface area contributed by atoms with E-state index in [9.17, 15) is 14.9 Å². The largest absolute Gasteiger partial charge is 0.310 e.